The van der Waals surface area contributed by atoms with Gasteiger partial charge in [-0.3, -0.25) is 9.59 Å². The van der Waals surface area contributed by atoms with E-state index in [1.54, 1.807) is 20.0 Å². The first kappa shape index (κ1) is 22.3. The molecule has 0 bridgehead atoms. The number of carbonyl (C=O) groups is 3. The van der Waals surface area contributed by atoms with Crippen molar-refractivity contribution in [1.29, 1.82) is 0 Å². The van der Waals surface area contributed by atoms with Crippen molar-refractivity contribution < 1.29 is 28.4 Å². The molecule has 0 saturated heterocycles. The lowest BCUT2D eigenvalue weighted by Gasteiger charge is -2.15. The monoisotopic (exact) mass is 423 g/mol. The Labute approximate surface area is 171 Å². The first-order valence-electron chi connectivity index (χ1n) is 8.93. The van der Waals surface area contributed by atoms with Gasteiger partial charge in [0.1, 0.15) is 27.8 Å². The van der Waals surface area contributed by atoms with Crippen molar-refractivity contribution in [1.82, 2.24) is 5.32 Å². The Morgan fingerprint density at radius 1 is 1.31 bits per heavy atom. The summed E-state index contributed by atoms with van der Waals surface area (Å²) in [6.45, 7) is 2.07. The van der Waals surface area contributed by atoms with Crippen LogP contribution in [-0.2, 0) is 16.1 Å². The Hall–Kier alpha value is -2.98. The summed E-state index contributed by atoms with van der Waals surface area (Å²) in [6.07, 6.45) is 0. The van der Waals surface area contributed by atoms with E-state index < -0.39 is 11.8 Å². The molecule has 2 rings (SSSR count). The number of quaternary nitrogens is 1. The average molecular weight is 423 g/mol. The van der Waals surface area contributed by atoms with Crippen LogP contribution < -0.4 is 21.3 Å². The second-order valence-electron chi connectivity index (χ2n) is 6.32. The van der Waals surface area contributed by atoms with E-state index in [1.807, 2.05) is 0 Å². The van der Waals surface area contributed by atoms with Crippen molar-refractivity contribution in [3.05, 3.63) is 46.1 Å². The number of halogens is 1. The molecule has 1 unspecified atom stereocenters. The summed E-state index contributed by atoms with van der Waals surface area (Å²) in [5.74, 6) is -1.77. The summed E-state index contributed by atoms with van der Waals surface area (Å²) in [7, 11) is 3.22. The average Bonchev–Trinajstić information content (AvgIpc) is 2.96. The number of rotatable bonds is 8. The van der Waals surface area contributed by atoms with Crippen LogP contribution in [0, 0.1) is 5.82 Å². The van der Waals surface area contributed by atoms with E-state index in [0.29, 0.717) is 21.0 Å². The SMILES string of the molecule is CCOC(=O)c1c(N)sc(C(=O)NC)c1C[NH+](C)CC(=O)Nc1cccc(F)c1. The molecule has 5 N–H and O–H groups in total. The van der Waals surface area contributed by atoms with Gasteiger partial charge in [0.2, 0.25) is 0 Å². The Kier molecular flexibility index (Phi) is 7.68. The Balaban J connectivity index is 2.19. The van der Waals surface area contributed by atoms with Crippen LogP contribution >= 0.6 is 11.3 Å². The summed E-state index contributed by atoms with van der Waals surface area (Å²) in [5.41, 5.74) is 6.91. The molecule has 156 valence electrons. The van der Waals surface area contributed by atoms with Crippen molar-refractivity contribution in [2.45, 2.75) is 13.5 Å². The van der Waals surface area contributed by atoms with Crippen molar-refractivity contribution in [2.24, 2.45) is 0 Å². The van der Waals surface area contributed by atoms with Gasteiger partial charge in [-0.1, -0.05) is 6.07 Å². The minimum absolute atomic E-state index is 0.0295. The van der Waals surface area contributed by atoms with Gasteiger partial charge in [0.15, 0.2) is 6.54 Å². The highest BCUT2D eigenvalue weighted by molar-refractivity contribution is 7.18. The highest BCUT2D eigenvalue weighted by Crippen LogP contribution is 2.31. The molecule has 0 saturated carbocycles. The van der Waals surface area contributed by atoms with Gasteiger partial charge in [-0.05, 0) is 25.1 Å². The van der Waals surface area contributed by atoms with E-state index in [0.717, 1.165) is 11.3 Å². The van der Waals surface area contributed by atoms with Gasteiger partial charge in [0.05, 0.1) is 13.7 Å². The minimum Gasteiger partial charge on any atom is -0.462 e. The van der Waals surface area contributed by atoms with Gasteiger partial charge in [0, 0.05) is 18.3 Å². The van der Waals surface area contributed by atoms with Gasteiger partial charge in [-0.15, -0.1) is 11.3 Å². The second kappa shape index (κ2) is 9.99. The van der Waals surface area contributed by atoms with Crippen LogP contribution in [0.3, 0.4) is 0 Å². The molecule has 0 aliphatic heterocycles. The lowest BCUT2D eigenvalue weighted by atomic mass is 10.1. The standard InChI is InChI=1S/C19H23FN4O4S/c1-4-28-19(27)15-13(16(18(26)22-2)29-17(15)21)9-24(3)10-14(25)23-12-7-5-6-11(20)8-12/h5-8H,4,9-10,21H2,1-3H3,(H,22,26)(H,23,25)/p+1. The molecule has 0 radical (unpaired) electrons. The topological polar surface area (TPSA) is 115 Å². The molecule has 0 aliphatic carbocycles. The molecule has 10 heteroatoms. The van der Waals surface area contributed by atoms with E-state index in [1.165, 1.54) is 25.2 Å². The number of nitrogen functional groups attached to an aromatic ring is 1. The third-order valence-electron chi connectivity index (χ3n) is 4.00. The number of nitrogens with two attached hydrogens (primary N) is 1. The Bertz CT molecular complexity index is 916. The predicted molar refractivity (Wildman–Crippen MR) is 109 cm³/mol. The molecule has 0 spiro atoms. The number of ether oxygens (including phenoxy) is 1. The van der Waals surface area contributed by atoms with Crippen molar-refractivity contribution in [3.8, 4) is 0 Å². The second-order valence-corrected chi connectivity index (χ2v) is 7.37. The fraction of sp³-hybridized carbons (Fsp3) is 0.316. The minimum atomic E-state index is -0.608. The first-order valence-corrected chi connectivity index (χ1v) is 9.75. The molecule has 1 aromatic heterocycles. The molecule has 1 heterocycles. The lowest BCUT2D eigenvalue weighted by molar-refractivity contribution is -0.885. The van der Waals surface area contributed by atoms with Crippen molar-refractivity contribution in [3.63, 3.8) is 0 Å². The largest absolute Gasteiger partial charge is 0.462 e. The van der Waals surface area contributed by atoms with Gasteiger partial charge < -0.3 is 26.0 Å². The number of hydrogen-bond acceptors (Lipinski definition) is 6. The molecule has 8 nitrogen and oxygen atoms in total. The maximum atomic E-state index is 13.3. The van der Waals surface area contributed by atoms with Crippen LogP contribution in [0.1, 0.15) is 32.5 Å². The van der Waals surface area contributed by atoms with Crippen LogP contribution in [-0.4, -0.2) is 45.0 Å². The number of thiophene rings is 1. The van der Waals surface area contributed by atoms with E-state index in [-0.39, 0.29) is 42.1 Å². The number of nitrogens with one attached hydrogen (secondary N) is 3. The zero-order valence-electron chi connectivity index (χ0n) is 16.4. The van der Waals surface area contributed by atoms with Gasteiger partial charge in [-0.25, -0.2) is 9.18 Å². The Morgan fingerprint density at radius 2 is 2.03 bits per heavy atom. The number of hydrogen-bond donors (Lipinski definition) is 4. The van der Waals surface area contributed by atoms with Crippen molar-refractivity contribution >= 4 is 39.8 Å². The molecule has 2 amide bonds. The molecule has 0 aliphatic rings. The fourth-order valence-corrected chi connectivity index (χ4v) is 3.81. The van der Waals surface area contributed by atoms with Crippen LogP contribution in [0.4, 0.5) is 15.1 Å². The number of likely N-dealkylation sites (N-methyl/N-ethyl adjacent to an activating group) is 1. The number of anilines is 2. The van der Waals surface area contributed by atoms with E-state index in [4.69, 9.17) is 10.5 Å². The van der Waals surface area contributed by atoms with Crippen LogP contribution in [0.2, 0.25) is 0 Å². The number of benzene rings is 1. The van der Waals surface area contributed by atoms with Crippen molar-refractivity contribution in [2.75, 3.05) is 38.3 Å². The summed E-state index contributed by atoms with van der Waals surface area (Å²) in [4.78, 5) is 37.8. The maximum Gasteiger partial charge on any atom is 0.341 e. The molecule has 1 aromatic carbocycles. The molecule has 1 atom stereocenters. The van der Waals surface area contributed by atoms with Gasteiger partial charge in [0.25, 0.3) is 11.8 Å². The Morgan fingerprint density at radius 3 is 2.66 bits per heavy atom. The van der Waals surface area contributed by atoms with Crippen LogP contribution in [0.5, 0.6) is 0 Å². The van der Waals surface area contributed by atoms with Gasteiger partial charge in [-0.2, -0.15) is 0 Å². The zero-order chi connectivity index (χ0) is 21.6. The van der Waals surface area contributed by atoms with E-state index in [2.05, 4.69) is 10.6 Å². The predicted octanol–water partition coefficient (Wildman–Crippen LogP) is 0.659. The third-order valence-corrected chi connectivity index (χ3v) is 5.06. The highest BCUT2D eigenvalue weighted by atomic mass is 32.1. The number of carbonyl (C=O) groups excluding carboxylic acids is 3. The third kappa shape index (κ3) is 5.75. The lowest BCUT2D eigenvalue weighted by Crippen LogP contribution is -3.08. The molecular formula is C19H24FN4O4S+. The van der Waals surface area contributed by atoms with Crippen LogP contribution in [0.25, 0.3) is 0 Å². The van der Waals surface area contributed by atoms with E-state index in [9.17, 15) is 18.8 Å². The zero-order valence-corrected chi connectivity index (χ0v) is 17.2. The number of esters is 1. The first-order chi connectivity index (χ1) is 13.8. The quantitative estimate of drug-likeness (QED) is 0.466. The van der Waals surface area contributed by atoms with Gasteiger partial charge >= 0.3 is 5.97 Å². The maximum absolute atomic E-state index is 13.3. The summed E-state index contributed by atoms with van der Waals surface area (Å²) in [6, 6.07) is 5.58. The normalized spacial score (nSPS) is 11.6. The molecule has 0 fully saturated rings. The van der Waals surface area contributed by atoms with Crippen LogP contribution in [0.15, 0.2) is 24.3 Å². The number of amides is 2. The molecule has 29 heavy (non-hydrogen) atoms. The summed E-state index contributed by atoms with van der Waals surface area (Å²) in [5, 5.41) is 5.33. The molecule has 2 aromatic rings. The summed E-state index contributed by atoms with van der Waals surface area (Å²) < 4.78 is 18.3. The highest BCUT2D eigenvalue weighted by Gasteiger charge is 2.29. The smallest absolute Gasteiger partial charge is 0.341 e. The van der Waals surface area contributed by atoms with E-state index >= 15 is 0 Å². The fourth-order valence-electron chi connectivity index (χ4n) is 2.79. The summed E-state index contributed by atoms with van der Waals surface area (Å²) >= 11 is 1.00. The molecular weight excluding hydrogens is 399 g/mol.